The summed E-state index contributed by atoms with van der Waals surface area (Å²) in [7, 11) is -3.33. The predicted molar refractivity (Wildman–Crippen MR) is 59.1 cm³/mol. The van der Waals surface area contributed by atoms with Crippen molar-refractivity contribution in [2.24, 2.45) is 5.73 Å². The highest BCUT2D eigenvalue weighted by atomic mass is 32.2. The highest BCUT2D eigenvalue weighted by Gasteiger charge is 2.10. The van der Waals surface area contributed by atoms with E-state index in [0.29, 0.717) is 5.69 Å². The molecule has 86 valence electrons. The van der Waals surface area contributed by atoms with Crippen molar-refractivity contribution in [3.05, 3.63) is 12.4 Å². The molecule has 0 aliphatic rings. The molecule has 0 saturated carbocycles. The topological polar surface area (TPSA) is 90.0 Å². The van der Waals surface area contributed by atoms with Crippen LogP contribution in [0.3, 0.4) is 0 Å². The molecule has 0 spiro atoms. The molecule has 7 heteroatoms. The third kappa shape index (κ3) is 3.52. The Kier molecular flexibility index (Phi) is 3.70. The largest absolute Gasteiger partial charge is 0.329 e. The van der Waals surface area contributed by atoms with Crippen molar-refractivity contribution < 1.29 is 8.42 Å². The molecule has 0 amide bonds. The molecule has 1 heterocycles. The van der Waals surface area contributed by atoms with Crippen LogP contribution in [0.25, 0.3) is 0 Å². The molecule has 6 nitrogen and oxygen atoms in total. The third-order valence-corrected chi connectivity index (χ3v) is 3.11. The number of nitrogens with two attached hydrogens (primary N) is 1. The van der Waals surface area contributed by atoms with Gasteiger partial charge in [-0.25, -0.2) is 8.42 Å². The van der Waals surface area contributed by atoms with Crippen LogP contribution < -0.4 is 10.5 Å². The van der Waals surface area contributed by atoms with Crippen molar-refractivity contribution >= 4 is 15.7 Å². The molecule has 0 aromatic carbocycles. The van der Waals surface area contributed by atoms with Gasteiger partial charge in [0.2, 0.25) is 10.0 Å². The lowest BCUT2D eigenvalue weighted by Crippen LogP contribution is -2.22. The first-order valence-electron chi connectivity index (χ1n) is 4.69. The summed E-state index contributed by atoms with van der Waals surface area (Å²) in [6.07, 6.45) is 3.13. The highest BCUT2D eigenvalue weighted by Crippen LogP contribution is 2.11. The Morgan fingerprint density at radius 2 is 2.27 bits per heavy atom. The van der Waals surface area contributed by atoms with Crippen molar-refractivity contribution in [1.82, 2.24) is 9.78 Å². The summed E-state index contributed by atoms with van der Waals surface area (Å²) < 4.78 is 26.8. The summed E-state index contributed by atoms with van der Waals surface area (Å²) in [5.74, 6) is -0.0835. The molecule has 15 heavy (non-hydrogen) atoms. The van der Waals surface area contributed by atoms with Crippen LogP contribution in [-0.4, -0.2) is 30.5 Å². The van der Waals surface area contributed by atoms with Gasteiger partial charge in [0.05, 0.1) is 17.6 Å². The molecule has 0 radical (unpaired) electrons. The monoisotopic (exact) mass is 232 g/mol. The zero-order valence-corrected chi connectivity index (χ0v) is 9.66. The predicted octanol–water partition coefficient (Wildman–Crippen LogP) is 0.164. The summed E-state index contributed by atoms with van der Waals surface area (Å²) >= 11 is 0. The van der Waals surface area contributed by atoms with E-state index in [0.717, 1.165) is 0 Å². The molecule has 0 unspecified atom stereocenters. The molecule has 0 aliphatic heterocycles. The summed E-state index contributed by atoms with van der Waals surface area (Å²) in [5.41, 5.74) is 5.65. The number of nitrogens with one attached hydrogen (secondary N) is 1. The number of hydrogen-bond donors (Lipinski definition) is 2. The average Bonchev–Trinajstić information content (AvgIpc) is 2.51. The quantitative estimate of drug-likeness (QED) is 0.757. The van der Waals surface area contributed by atoms with E-state index in [4.69, 9.17) is 5.73 Å². The van der Waals surface area contributed by atoms with Crippen molar-refractivity contribution in [2.45, 2.75) is 19.9 Å². The Morgan fingerprint density at radius 3 is 2.73 bits per heavy atom. The first-order valence-corrected chi connectivity index (χ1v) is 6.34. The summed E-state index contributed by atoms with van der Waals surface area (Å²) in [6, 6.07) is 0.206. The maximum absolute atomic E-state index is 11.4. The van der Waals surface area contributed by atoms with Crippen LogP contribution in [-0.2, 0) is 10.0 Å². The van der Waals surface area contributed by atoms with Gasteiger partial charge in [-0.1, -0.05) is 0 Å². The lowest BCUT2D eigenvalue weighted by Gasteiger charge is -2.04. The fraction of sp³-hybridized carbons (Fsp3) is 0.625. The highest BCUT2D eigenvalue weighted by molar-refractivity contribution is 7.92. The van der Waals surface area contributed by atoms with Gasteiger partial charge < -0.3 is 5.73 Å². The third-order valence-electron chi connectivity index (χ3n) is 1.79. The van der Waals surface area contributed by atoms with Gasteiger partial charge in [-0.15, -0.1) is 0 Å². The number of sulfonamides is 1. The number of aromatic nitrogens is 2. The Hall–Kier alpha value is -1.08. The zero-order chi connectivity index (χ0) is 11.5. The first kappa shape index (κ1) is 12.0. The standard InChI is InChI=1S/C8H16N4O2S/c1-7(2)12-6-8(5-10-12)11-15(13,14)4-3-9/h5-7,11H,3-4,9H2,1-2H3. The Balaban J connectivity index is 2.73. The van der Waals surface area contributed by atoms with Crippen LogP contribution in [0.1, 0.15) is 19.9 Å². The van der Waals surface area contributed by atoms with Crippen molar-refractivity contribution in [2.75, 3.05) is 17.0 Å². The van der Waals surface area contributed by atoms with E-state index in [1.807, 2.05) is 13.8 Å². The van der Waals surface area contributed by atoms with E-state index in [-0.39, 0.29) is 18.3 Å². The minimum atomic E-state index is -3.33. The summed E-state index contributed by atoms with van der Waals surface area (Å²) in [6.45, 7) is 4.03. The summed E-state index contributed by atoms with van der Waals surface area (Å²) in [4.78, 5) is 0. The van der Waals surface area contributed by atoms with Crippen molar-refractivity contribution in [3.63, 3.8) is 0 Å². The van der Waals surface area contributed by atoms with E-state index in [1.54, 1.807) is 10.9 Å². The lowest BCUT2D eigenvalue weighted by molar-refractivity contribution is 0.532. The van der Waals surface area contributed by atoms with Crippen LogP contribution in [0.4, 0.5) is 5.69 Å². The minimum absolute atomic E-state index is 0.0835. The van der Waals surface area contributed by atoms with E-state index in [2.05, 4.69) is 9.82 Å². The van der Waals surface area contributed by atoms with Crippen LogP contribution in [0.15, 0.2) is 12.4 Å². The molecule has 1 aromatic heterocycles. The number of hydrogen-bond acceptors (Lipinski definition) is 4. The van der Waals surface area contributed by atoms with E-state index >= 15 is 0 Å². The molecule has 0 aliphatic carbocycles. The summed E-state index contributed by atoms with van der Waals surface area (Å²) in [5, 5.41) is 4.02. The number of nitrogens with zero attached hydrogens (tertiary/aromatic N) is 2. The maximum Gasteiger partial charge on any atom is 0.234 e. The molecule has 0 fully saturated rings. The second-order valence-electron chi connectivity index (χ2n) is 3.51. The van der Waals surface area contributed by atoms with E-state index < -0.39 is 10.0 Å². The van der Waals surface area contributed by atoms with Crippen molar-refractivity contribution in [3.8, 4) is 0 Å². The SMILES string of the molecule is CC(C)n1cc(NS(=O)(=O)CCN)cn1. The van der Waals surface area contributed by atoms with Gasteiger partial charge in [-0.05, 0) is 13.8 Å². The second-order valence-corrected chi connectivity index (χ2v) is 5.35. The molecule has 3 N–H and O–H groups in total. The Bertz CT molecular complexity index is 410. The maximum atomic E-state index is 11.4. The smallest absolute Gasteiger partial charge is 0.234 e. The normalized spacial score (nSPS) is 12.0. The number of anilines is 1. The Morgan fingerprint density at radius 1 is 1.60 bits per heavy atom. The fourth-order valence-electron chi connectivity index (χ4n) is 1.06. The second kappa shape index (κ2) is 4.63. The van der Waals surface area contributed by atoms with Crippen LogP contribution in [0, 0.1) is 0 Å². The van der Waals surface area contributed by atoms with Crippen LogP contribution >= 0.6 is 0 Å². The van der Waals surface area contributed by atoms with Gasteiger partial charge in [-0.3, -0.25) is 9.40 Å². The van der Waals surface area contributed by atoms with Gasteiger partial charge in [0.25, 0.3) is 0 Å². The average molecular weight is 232 g/mol. The zero-order valence-electron chi connectivity index (χ0n) is 8.84. The lowest BCUT2D eigenvalue weighted by atomic mass is 10.4. The van der Waals surface area contributed by atoms with Gasteiger partial charge in [-0.2, -0.15) is 5.10 Å². The van der Waals surface area contributed by atoms with Gasteiger partial charge in [0.1, 0.15) is 0 Å². The molecule has 1 rings (SSSR count). The van der Waals surface area contributed by atoms with E-state index in [9.17, 15) is 8.42 Å². The fourth-order valence-corrected chi connectivity index (χ4v) is 1.94. The first-order chi connectivity index (χ1) is 6.94. The van der Waals surface area contributed by atoms with Gasteiger partial charge in [0.15, 0.2) is 0 Å². The molecular weight excluding hydrogens is 216 g/mol. The molecule has 0 atom stereocenters. The number of rotatable bonds is 5. The molecular formula is C8H16N4O2S. The molecule has 1 aromatic rings. The van der Waals surface area contributed by atoms with Crippen LogP contribution in [0.2, 0.25) is 0 Å². The van der Waals surface area contributed by atoms with Gasteiger partial charge in [0, 0.05) is 18.8 Å². The minimum Gasteiger partial charge on any atom is -0.329 e. The van der Waals surface area contributed by atoms with Crippen molar-refractivity contribution in [1.29, 1.82) is 0 Å². The van der Waals surface area contributed by atoms with Gasteiger partial charge >= 0.3 is 0 Å². The van der Waals surface area contributed by atoms with E-state index in [1.165, 1.54) is 6.20 Å². The molecule has 0 saturated heterocycles. The Labute approximate surface area is 89.5 Å². The van der Waals surface area contributed by atoms with Crippen LogP contribution in [0.5, 0.6) is 0 Å². The molecule has 0 bridgehead atoms.